The Morgan fingerprint density at radius 1 is 1.29 bits per heavy atom. The first-order valence-corrected chi connectivity index (χ1v) is 6.71. The van der Waals surface area contributed by atoms with Crippen LogP contribution in [0.15, 0.2) is 24.4 Å². The number of Topliss-reactive ketones (excluding diaryl/α,β-unsaturated/α-hetero) is 1. The molecule has 0 amide bonds. The van der Waals surface area contributed by atoms with Crippen LogP contribution in [-0.2, 0) is 24.2 Å². The summed E-state index contributed by atoms with van der Waals surface area (Å²) >= 11 is 0. The number of aryl methyl sites for hydroxylation is 1. The smallest absolute Gasteiger partial charge is 0.194 e. The Kier molecular flexibility index (Phi) is 3.53. The lowest BCUT2D eigenvalue weighted by molar-refractivity contribution is -0.122. The predicted octanol–water partition coefficient (Wildman–Crippen LogP) is 2.67. The number of fused-ring (bicyclic) bond motifs is 1. The van der Waals surface area contributed by atoms with E-state index >= 15 is 0 Å². The maximum Gasteiger partial charge on any atom is 0.194 e. The molecule has 1 aliphatic heterocycles. The number of rotatable bonds is 3. The van der Waals surface area contributed by atoms with Gasteiger partial charge in [-0.05, 0) is 36.6 Å². The van der Waals surface area contributed by atoms with Crippen LogP contribution >= 0.6 is 0 Å². The summed E-state index contributed by atoms with van der Waals surface area (Å²) in [4.78, 5) is 12.2. The fourth-order valence-electron chi connectivity index (χ4n) is 2.70. The van der Waals surface area contributed by atoms with Gasteiger partial charge in [-0.3, -0.25) is 9.48 Å². The molecule has 0 spiro atoms. The number of benzene rings is 1. The van der Waals surface area contributed by atoms with Crippen LogP contribution in [0.5, 0.6) is 0 Å². The van der Waals surface area contributed by atoms with Gasteiger partial charge >= 0.3 is 0 Å². The number of nitrogens with zero attached hydrogens (tertiary/aromatic N) is 2. The Labute approximate surface area is 119 Å². The quantitative estimate of drug-likeness (QED) is 0.816. The van der Waals surface area contributed by atoms with E-state index in [0.717, 1.165) is 17.8 Å². The van der Waals surface area contributed by atoms with Crippen LogP contribution in [0, 0.1) is 23.4 Å². The minimum atomic E-state index is -1.51. The summed E-state index contributed by atoms with van der Waals surface area (Å²) in [5.74, 6) is -4.31. The van der Waals surface area contributed by atoms with Gasteiger partial charge in [0.2, 0.25) is 0 Å². The lowest BCUT2D eigenvalue weighted by Crippen LogP contribution is -2.27. The largest absolute Gasteiger partial charge is 0.299 e. The summed E-state index contributed by atoms with van der Waals surface area (Å²) in [7, 11) is 0. The summed E-state index contributed by atoms with van der Waals surface area (Å²) < 4.78 is 41.0. The molecule has 0 saturated carbocycles. The molecule has 0 fully saturated rings. The SMILES string of the molecule is O=C(Cc1cc(F)c(F)c(F)c1)C1CCn2nccc2C1. The van der Waals surface area contributed by atoms with Crippen LogP contribution in [-0.4, -0.2) is 15.6 Å². The molecule has 2 heterocycles. The zero-order valence-electron chi connectivity index (χ0n) is 11.2. The summed E-state index contributed by atoms with van der Waals surface area (Å²) in [6, 6.07) is 3.61. The van der Waals surface area contributed by atoms with E-state index in [1.165, 1.54) is 0 Å². The third kappa shape index (κ3) is 2.70. The number of halogens is 3. The Morgan fingerprint density at radius 2 is 2.00 bits per heavy atom. The Hall–Kier alpha value is -2.11. The van der Waals surface area contributed by atoms with Crippen molar-refractivity contribution in [3.8, 4) is 0 Å². The molecular formula is C15H13F3N2O. The first kappa shape index (κ1) is 13.9. The normalized spacial score (nSPS) is 17.6. The van der Waals surface area contributed by atoms with Crippen molar-refractivity contribution in [1.82, 2.24) is 9.78 Å². The maximum absolute atomic E-state index is 13.2. The van der Waals surface area contributed by atoms with Crippen molar-refractivity contribution in [2.75, 3.05) is 0 Å². The number of carbonyl (C=O) groups excluding carboxylic acids is 1. The van der Waals surface area contributed by atoms with Gasteiger partial charge in [0, 0.05) is 30.8 Å². The number of carbonyl (C=O) groups is 1. The van der Waals surface area contributed by atoms with E-state index in [9.17, 15) is 18.0 Å². The molecule has 110 valence electrons. The van der Waals surface area contributed by atoms with Crippen molar-refractivity contribution in [3.63, 3.8) is 0 Å². The summed E-state index contributed by atoms with van der Waals surface area (Å²) in [6.45, 7) is 0.658. The van der Waals surface area contributed by atoms with E-state index in [0.29, 0.717) is 19.4 Å². The fraction of sp³-hybridized carbons (Fsp3) is 0.333. The van der Waals surface area contributed by atoms with Crippen molar-refractivity contribution in [3.05, 3.63) is 53.1 Å². The monoisotopic (exact) mass is 294 g/mol. The van der Waals surface area contributed by atoms with Crippen LogP contribution in [0.4, 0.5) is 13.2 Å². The van der Waals surface area contributed by atoms with Crippen LogP contribution in [0.25, 0.3) is 0 Å². The maximum atomic E-state index is 13.2. The van der Waals surface area contributed by atoms with Gasteiger partial charge in [0.15, 0.2) is 17.5 Å². The first-order chi connectivity index (χ1) is 10.0. The highest BCUT2D eigenvalue weighted by Gasteiger charge is 2.25. The number of hydrogen-bond donors (Lipinski definition) is 0. The van der Waals surface area contributed by atoms with Crippen LogP contribution in [0.2, 0.25) is 0 Å². The molecule has 1 aromatic heterocycles. The molecular weight excluding hydrogens is 281 g/mol. The molecule has 1 aliphatic rings. The van der Waals surface area contributed by atoms with E-state index < -0.39 is 17.5 Å². The van der Waals surface area contributed by atoms with Crippen molar-refractivity contribution < 1.29 is 18.0 Å². The minimum absolute atomic E-state index is 0.0899. The van der Waals surface area contributed by atoms with E-state index in [-0.39, 0.29) is 23.7 Å². The molecule has 0 N–H and O–H groups in total. The van der Waals surface area contributed by atoms with Crippen molar-refractivity contribution in [2.45, 2.75) is 25.8 Å². The lowest BCUT2D eigenvalue weighted by atomic mass is 9.89. The molecule has 6 heteroatoms. The highest BCUT2D eigenvalue weighted by molar-refractivity contribution is 5.83. The second-order valence-corrected chi connectivity index (χ2v) is 5.25. The molecule has 21 heavy (non-hydrogen) atoms. The fourth-order valence-corrected chi connectivity index (χ4v) is 2.70. The highest BCUT2D eigenvalue weighted by Crippen LogP contribution is 2.22. The van der Waals surface area contributed by atoms with Gasteiger partial charge in [0.25, 0.3) is 0 Å². The molecule has 3 nitrogen and oxygen atoms in total. The Balaban J connectivity index is 1.73. The first-order valence-electron chi connectivity index (χ1n) is 6.71. The molecule has 0 bridgehead atoms. The van der Waals surface area contributed by atoms with E-state index in [1.54, 1.807) is 6.20 Å². The van der Waals surface area contributed by atoms with Gasteiger partial charge in [0.05, 0.1) is 0 Å². The summed E-state index contributed by atoms with van der Waals surface area (Å²) in [5, 5.41) is 4.13. The van der Waals surface area contributed by atoms with Gasteiger partial charge in [0.1, 0.15) is 5.78 Å². The minimum Gasteiger partial charge on any atom is -0.299 e. The average Bonchev–Trinajstić information content (AvgIpc) is 2.91. The lowest BCUT2D eigenvalue weighted by Gasteiger charge is -2.22. The van der Waals surface area contributed by atoms with Crippen LogP contribution in [0.3, 0.4) is 0 Å². The predicted molar refractivity (Wildman–Crippen MR) is 69.1 cm³/mol. The molecule has 3 rings (SSSR count). The standard InChI is InChI=1S/C15H13F3N2O/c16-12-5-9(6-13(17)15(12)18)7-14(21)10-2-4-20-11(8-10)1-3-19-20/h1,3,5-6,10H,2,4,7-8H2. The molecule has 1 atom stereocenters. The molecule has 0 radical (unpaired) electrons. The van der Waals surface area contributed by atoms with Crippen molar-refractivity contribution in [1.29, 1.82) is 0 Å². The highest BCUT2D eigenvalue weighted by atomic mass is 19.2. The molecule has 0 aliphatic carbocycles. The Morgan fingerprint density at radius 3 is 2.71 bits per heavy atom. The number of aromatic nitrogens is 2. The second kappa shape index (κ2) is 5.35. The van der Waals surface area contributed by atoms with E-state index in [2.05, 4.69) is 5.10 Å². The van der Waals surface area contributed by atoms with Gasteiger partial charge in [-0.15, -0.1) is 0 Å². The Bertz CT molecular complexity index is 673. The van der Waals surface area contributed by atoms with Crippen molar-refractivity contribution in [2.24, 2.45) is 5.92 Å². The third-order valence-electron chi connectivity index (χ3n) is 3.83. The van der Waals surface area contributed by atoms with Gasteiger partial charge < -0.3 is 0 Å². The molecule has 1 unspecified atom stereocenters. The topological polar surface area (TPSA) is 34.9 Å². The number of ketones is 1. The second-order valence-electron chi connectivity index (χ2n) is 5.25. The van der Waals surface area contributed by atoms with Crippen molar-refractivity contribution >= 4 is 5.78 Å². The zero-order valence-corrected chi connectivity index (χ0v) is 11.2. The van der Waals surface area contributed by atoms with E-state index in [4.69, 9.17) is 0 Å². The van der Waals surface area contributed by atoms with Crippen LogP contribution in [0.1, 0.15) is 17.7 Å². The van der Waals surface area contributed by atoms with Gasteiger partial charge in [-0.1, -0.05) is 0 Å². The molecule has 2 aromatic rings. The van der Waals surface area contributed by atoms with E-state index in [1.807, 2.05) is 10.7 Å². The summed E-state index contributed by atoms with van der Waals surface area (Å²) in [5.41, 5.74) is 1.14. The average molecular weight is 294 g/mol. The zero-order chi connectivity index (χ0) is 15.0. The summed E-state index contributed by atoms with van der Waals surface area (Å²) in [6.07, 6.45) is 2.82. The van der Waals surface area contributed by atoms with Gasteiger partial charge in [-0.25, -0.2) is 13.2 Å². The van der Waals surface area contributed by atoms with Gasteiger partial charge in [-0.2, -0.15) is 5.10 Å². The third-order valence-corrected chi connectivity index (χ3v) is 3.83. The molecule has 1 aromatic carbocycles. The van der Waals surface area contributed by atoms with Crippen LogP contribution < -0.4 is 0 Å². The molecule has 0 saturated heterocycles. The number of hydrogen-bond acceptors (Lipinski definition) is 2.